The summed E-state index contributed by atoms with van der Waals surface area (Å²) < 4.78 is 53.6. The standard InChI is InChI=1S/C30H31F3N6O4/c1-19-25(27(40)42-3)26(24-10-9-20(18-34)16-21(24)6-5-11-39(2)12-14-43-15-13-39)38-28(35-36-29(38)41)37(19)23-8-4-7-22(17-23)30(31,32)33/h4,7-10,16-17,26H,5-6,11-15H2,1-3H3/p+1/t26-/m1/s1. The van der Waals surface area contributed by atoms with E-state index < -0.39 is 29.4 Å². The average molecular weight is 598 g/mol. The predicted molar refractivity (Wildman–Crippen MR) is 150 cm³/mol. The number of rotatable bonds is 7. The summed E-state index contributed by atoms with van der Waals surface area (Å²) in [6, 6.07) is 10.8. The van der Waals surface area contributed by atoms with E-state index >= 15 is 0 Å². The maximum atomic E-state index is 13.6. The second kappa shape index (κ2) is 11.7. The summed E-state index contributed by atoms with van der Waals surface area (Å²) >= 11 is 0. The molecule has 0 amide bonds. The maximum absolute atomic E-state index is 13.6. The van der Waals surface area contributed by atoms with Crippen molar-refractivity contribution in [2.45, 2.75) is 32.0 Å². The lowest BCUT2D eigenvalue weighted by atomic mass is 9.88. The fourth-order valence-electron chi connectivity index (χ4n) is 5.90. The summed E-state index contributed by atoms with van der Waals surface area (Å²) in [6.45, 7) is 5.60. The van der Waals surface area contributed by atoms with Crippen LogP contribution in [0.4, 0.5) is 24.8 Å². The number of morpholine rings is 1. The highest BCUT2D eigenvalue weighted by molar-refractivity contribution is 5.93. The first-order valence-electron chi connectivity index (χ1n) is 13.8. The molecule has 0 radical (unpaired) electrons. The van der Waals surface area contributed by atoms with Crippen molar-refractivity contribution >= 4 is 17.6 Å². The molecule has 5 rings (SSSR count). The molecule has 2 aliphatic rings. The molecular formula is C30H32F3N6O4+. The summed E-state index contributed by atoms with van der Waals surface area (Å²) in [5.74, 6) is -0.735. The van der Waals surface area contributed by atoms with Gasteiger partial charge in [-0.1, -0.05) is 12.1 Å². The number of likely N-dealkylation sites (N-methyl/N-ethyl adjacent to an activating group) is 1. The number of fused-ring (bicyclic) bond motifs is 1. The number of esters is 1. The molecule has 0 spiro atoms. The number of aromatic nitrogens is 3. The number of aromatic amines is 1. The van der Waals surface area contributed by atoms with Crippen LogP contribution >= 0.6 is 0 Å². The second-order valence-corrected chi connectivity index (χ2v) is 11.0. The van der Waals surface area contributed by atoms with Crippen molar-refractivity contribution in [1.82, 2.24) is 14.8 Å². The molecule has 1 aromatic heterocycles. The number of carbonyl (C=O) groups is 1. The van der Waals surface area contributed by atoms with Crippen molar-refractivity contribution in [1.29, 1.82) is 5.26 Å². The van der Waals surface area contributed by atoms with Gasteiger partial charge in [0.15, 0.2) is 0 Å². The molecule has 3 aromatic rings. The van der Waals surface area contributed by atoms with Crippen LogP contribution in [0.5, 0.6) is 0 Å². The Labute approximate surface area is 246 Å². The number of aryl methyl sites for hydroxylation is 1. The first-order valence-corrected chi connectivity index (χ1v) is 13.8. The topological polar surface area (TPSA) is 113 Å². The van der Waals surface area contributed by atoms with Crippen molar-refractivity contribution in [3.8, 4) is 6.07 Å². The third kappa shape index (κ3) is 5.80. The highest BCUT2D eigenvalue weighted by Gasteiger charge is 2.41. The van der Waals surface area contributed by atoms with Gasteiger partial charge in [0.2, 0.25) is 5.95 Å². The molecule has 0 bridgehead atoms. The lowest BCUT2D eigenvalue weighted by Crippen LogP contribution is -2.52. The number of carbonyl (C=O) groups excluding carboxylic acids is 1. The molecule has 1 atom stereocenters. The third-order valence-electron chi connectivity index (χ3n) is 8.24. The number of allylic oxidation sites excluding steroid dienone is 1. The van der Waals surface area contributed by atoms with Crippen molar-refractivity contribution in [2.24, 2.45) is 0 Å². The van der Waals surface area contributed by atoms with Crippen LogP contribution < -0.4 is 10.6 Å². The van der Waals surface area contributed by atoms with Gasteiger partial charge in [-0.25, -0.2) is 19.3 Å². The number of methoxy groups -OCH3 is 1. The Hall–Kier alpha value is -4.41. The minimum atomic E-state index is -4.61. The number of quaternary nitrogens is 1. The Morgan fingerprint density at radius 1 is 1.23 bits per heavy atom. The molecule has 2 aliphatic heterocycles. The Morgan fingerprint density at radius 2 is 1.98 bits per heavy atom. The Kier molecular flexibility index (Phi) is 8.18. The minimum absolute atomic E-state index is 0.0150. The molecule has 43 heavy (non-hydrogen) atoms. The first kappa shape index (κ1) is 30.1. The number of H-pyrrole nitrogens is 1. The van der Waals surface area contributed by atoms with Crippen LogP contribution in [0.1, 0.15) is 41.6 Å². The lowest BCUT2D eigenvalue weighted by Gasteiger charge is -2.38. The molecule has 1 fully saturated rings. The van der Waals surface area contributed by atoms with Crippen molar-refractivity contribution in [3.63, 3.8) is 0 Å². The molecular weight excluding hydrogens is 565 g/mol. The number of halogens is 3. The fourth-order valence-corrected chi connectivity index (χ4v) is 5.90. The Balaban J connectivity index is 1.64. The molecule has 0 unspecified atom stereocenters. The smallest absolute Gasteiger partial charge is 0.416 e. The van der Waals surface area contributed by atoms with Gasteiger partial charge in [-0.2, -0.15) is 18.4 Å². The summed E-state index contributed by atoms with van der Waals surface area (Å²) in [5.41, 5.74) is 0.615. The van der Waals surface area contributed by atoms with Crippen molar-refractivity contribution < 1.29 is 31.9 Å². The van der Waals surface area contributed by atoms with Gasteiger partial charge in [0.05, 0.1) is 56.7 Å². The Bertz CT molecular complexity index is 1660. The second-order valence-electron chi connectivity index (χ2n) is 11.0. The van der Waals surface area contributed by atoms with E-state index in [9.17, 15) is 28.0 Å². The van der Waals surface area contributed by atoms with E-state index in [2.05, 4.69) is 23.3 Å². The van der Waals surface area contributed by atoms with Gasteiger partial charge < -0.3 is 14.0 Å². The molecule has 1 N–H and O–H groups in total. The minimum Gasteiger partial charge on any atom is -0.466 e. The number of nitrogens with one attached hydrogen (secondary N) is 1. The van der Waals surface area contributed by atoms with Crippen LogP contribution in [0.3, 0.4) is 0 Å². The number of benzene rings is 2. The zero-order valence-electron chi connectivity index (χ0n) is 24.1. The largest absolute Gasteiger partial charge is 0.466 e. The zero-order valence-corrected chi connectivity index (χ0v) is 24.1. The van der Waals surface area contributed by atoms with Gasteiger partial charge in [0.1, 0.15) is 19.1 Å². The van der Waals surface area contributed by atoms with Crippen molar-refractivity contribution in [2.75, 3.05) is 51.9 Å². The van der Waals surface area contributed by atoms with Crippen LogP contribution in [0.25, 0.3) is 0 Å². The number of hydrogen-bond donors (Lipinski definition) is 1. The average Bonchev–Trinajstić information content (AvgIpc) is 3.36. The number of nitrogens with zero attached hydrogens (tertiary/aromatic N) is 5. The number of nitriles is 1. The highest BCUT2D eigenvalue weighted by Crippen LogP contribution is 2.43. The SMILES string of the molecule is COC(=O)C1=C(C)N(c2cccc(C(F)(F)F)c2)c2n[nH]c(=O)n2[C@@H]1c1ccc(C#N)cc1CCC[N+]1(C)CCOCC1. The van der Waals surface area contributed by atoms with Gasteiger partial charge in [0.25, 0.3) is 0 Å². The number of alkyl halides is 3. The van der Waals surface area contributed by atoms with Gasteiger partial charge in [-0.15, -0.1) is 5.10 Å². The lowest BCUT2D eigenvalue weighted by molar-refractivity contribution is -0.917. The van der Waals surface area contributed by atoms with E-state index in [1.807, 2.05) is 0 Å². The number of anilines is 2. The molecule has 13 heteroatoms. The van der Waals surface area contributed by atoms with Crippen LogP contribution in [0.15, 0.2) is 58.5 Å². The van der Waals surface area contributed by atoms with Gasteiger partial charge in [-0.05, 0) is 54.8 Å². The zero-order chi connectivity index (χ0) is 30.9. The van der Waals surface area contributed by atoms with Gasteiger partial charge in [-0.3, -0.25) is 4.90 Å². The molecule has 2 aromatic carbocycles. The Morgan fingerprint density at radius 3 is 2.65 bits per heavy atom. The van der Waals surface area contributed by atoms with Crippen LogP contribution in [0, 0.1) is 11.3 Å². The highest BCUT2D eigenvalue weighted by atomic mass is 19.4. The van der Waals surface area contributed by atoms with E-state index in [-0.39, 0.29) is 22.9 Å². The maximum Gasteiger partial charge on any atom is 0.416 e. The molecule has 226 valence electrons. The van der Waals surface area contributed by atoms with Crippen LogP contribution in [-0.2, 0) is 26.9 Å². The first-order chi connectivity index (χ1) is 20.5. The molecule has 0 aliphatic carbocycles. The molecule has 3 heterocycles. The van der Waals surface area contributed by atoms with E-state index in [0.29, 0.717) is 30.8 Å². The van der Waals surface area contributed by atoms with Crippen molar-refractivity contribution in [3.05, 3.63) is 86.5 Å². The van der Waals surface area contributed by atoms with E-state index in [1.165, 1.54) is 28.7 Å². The summed E-state index contributed by atoms with van der Waals surface area (Å²) in [5, 5.41) is 16.2. The van der Waals surface area contributed by atoms with Gasteiger partial charge >= 0.3 is 17.8 Å². The van der Waals surface area contributed by atoms with E-state index in [4.69, 9.17) is 9.47 Å². The summed E-state index contributed by atoms with van der Waals surface area (Å²) in [4.78, 5) is 28.0. The normalized spacial score (nSPS) is 18.3. The molecule has 1 saturated heterocycles. The summed E-state index contributed by atoms with van der Waals surface area (Å²) in [6.07, 6.45) is -3.28. The van der Waals surface area contributed by atoms with Crippen LogP contribution in [-0.4, -0.2) is 72.2 Å². The van der Waals surface area contributed by atoms with E-state index in [0.717, 1.165) is 48.2 Å². The number of hydrogen-bond acceptors (Lipinski definition) is 7. The predicted octanol–water partition coefficient (Wildman–Crippen LogP) is 4.06. The quantitative estimate of drug-likeness (QED) is 0.323. The summed E-state index contributed by atoms with van der Waals surface area (Å²) in [7, 11) is 3.38. The fraction of sp³-hybridized carbons (Fsp3) is 0.400. The van der Waals surface area contributed by atoms with E-state index in [1.54, 1.807) is 25.1 Å². The monoisotopic (exact) mass is 597 g/mol. The molecule has 0 saturated carbocycles. The van der Waals surface area contributed by atoms with Gasteiger partial charge in [0, 0.05) is 17.8 Å². The third-order valence-corrected chi connectivity index (χ3v) is 8.24. The molecule has 10 nitrogen and oxygen atoms in total. The number of ether oxygens (including phenoxy) is 2. The van der Waals surface area contributed by atoms with Crippen LogP contribution in [0.2, 0.25) is 0 Å².